The van der Waals surface area contributed by atoms with Gasteiger partial charge in [-0.3, -0.25) is 9.78 Å². The van der Waals surface area contributed by atoms with Gasteiger partial charge in [-0.05, 0) is 12.1 Å². The summed E-state index contributed by atoms with van der Waals surface area (Å²) in [6.07, 6.45) is 4.32. The van der Waals surface area contributed by atoms with Gasteiger partial charge in [0.05, 0.1) is 17.9 Å². The normalized spacial score (nSPS) is 11.9. The number of hydrogen-bond acceptors (Lipinski definition) is 6. The summed E-state index contributed by atoms with van der Waals surface area (Å²) in [5.41, 5.74) is 12.1. The highest BCUT2D eigenvalue weighted by Gasteiger charge is 2.10. The van der Waals surface area contributed by atoms with Gasteiger partial charge in [-0.25, -0.2) is 9.97 Å². The van der Waals surface area contributed by atoms with Crippen LogP contribution in [0.25, 0.3) is 0 Å². The highest BCUT2D eigenvalue weighted by atomic mass is 16.1. The van der Waals surface area contributed by atoms with Crippen molar-refractivity contribution in [1.29, 1.82) is 0 Å². The van der Waals surface area contributed by atoms with E-state index >= 15 is 0 Å². The summed E-state index contributed by atoms with van der Waals surface area (Å²) in [4.78, 5) is 23.8. The number of nitrogens with one attached hydrogen (secondary N) is 1. The first-order valence-corrected chi connectivity index (χ1v) is 5.70. The van der Waals surface area contributed by atoms with Crippen molar-refractivity contribution in [3.63, 3.8) is 0 Å². The standard InChI is InChI=1S/C12H14N6O/c13-6-8(14)9-2-1-3-11(17-9)18-12(19)10-7-15-4-5-16-10/h1-5,7-8H,6,13-14H2,(H,17,18,19)/t8-/m1/s1. The van der Waals surface area contributed by atoms with Crippen LogP contribution >= 0.6 is 0 Å². The summed E-state index contributed by atoms with van der Waals surface area (Å²) in [7, 11) is 0. The quantitative estimate of drug-likeness (QED) is 0.714. The van der Waals surface area contributed by atoms with Crippen molar-refractivity contribution in [1.82, 2.24) is 15.0 Å². The molecule has 2 rings (SSSR count). The number of carbonyl (C=O) groups is 1. The zero-order chi connectivity index (χ0) is 13.7. The molecule has 0 spiro atoms. The SMILES string of the molecule is NC[C@@H](N)c1cccc(NC(=O)c2cnccn2)n1. The number of anilines is 1. The fourth-order valence-corrected chi connectivity index (χ4v) is 1.45. The van der Waals surface area contributed by atoms with Crippen molar-refractivity contribution in [2.75, 3.05) is 11.9 Å². The minimum atomic E-state index is -0.376. The fourth-order valence-electron chi connectivity index (χ4n) is 1.45. The Balaban J connectivity index is 2.13. The van der Waals surface area contributed by atoms with Gasteiger partial charge < -0.3 is 16.8 Å². The van der Waals surface area contributed by atoms with Crippen LogP contribution in [-0.4, -0.2) is 27.4 Å². The maximum atomic E-state index is 11.9. The Kier molecular flexibility index (Phi) is 4.11. The molecule has 0 aromatic carbocycles. The number of aromatic nitrogens is 3. The Hall–Kier alpha value is -2.38. The molecule has 2 heterocycles. The highest BCUT2D eigenvalue weighted by molar-refractivity contribution is 6.02. The largest absolute Gasteiger partial charge is 0.329 e. The summed E-state index contributed by atoms with van der Waals surface area (Å²) in [6, 6.07) is 4.83. The molecule has 1 amide bonds. The lowest BCUT2D eigenvalue weighted by Crippen LogP contribution is -2.22. The lowest BCUT2D eigenvalue weighted by atomic mass is 10.2. The molecule has 7 nitrogen and oxygen atoms in total. The van der Waals surface area contributed by atoms with Crippen LogP contribution in [-0.2, 0) is 0 Å². The average Bonchev–Trinajstić information content (AvgIpc) is 2.47. The van der Waals surface area contributed by atoms with Crippen LogP contribution in [0.15, 0.2) is 36.8 Å². The van der Waals surface area contributed by atoms with Crippen LogP contribution in [0.1, 0.15) is 22.2 Å². The minimum absolute atomic E-state index is 0.220. The average molecular weight is 258 g/mol. The van der Waals surface area contributed by atoms with E-state index in [0.29, 0.717) is 11.5 Å². The number of carbonyl (C=O) groups excluding carboxylic acids is 1. The molecule has 1 atom stereocenters. The van der Waals surface area contributed by atoms with Gasteiger partial charge in [0, 0.05) is 18.9 Å². The third kappa shape index (κ3) is 3.30. The summed E-state index contributed by atoms with van der Waals surface area (Å²) < 4.78 is 0. The molecule has 0 bridgehead atoms. The predicted molar refractivity (Wildman–Crippen MR) is 70.2 cm³/mol. The number of nitrogens with zero attached hydrogens (tertiary/aromatic N) is 3. The molecule has 5 N–H and O–H groups in total. The lowest BCUT2D eigenvalue weighted by molar-refractivity contribution is 0.102. The smallest absolute Gasteiger partial charge is 0.277 e. The summed E-state index contributed by atoms with van der Waals surface area (Å²) in [5, 5.41) is 2.63. The number of pyridine rings is 1. The van der Waals surface area contributed by atoms with E-state index < -0.39 is 0 Å². The molecule has 2 aromatic heterocycles. The van der Waals surface area contributed by atoms with Crippen molar-refractivity contribution in [3.8, 4) is 0 Å². The molecule has 0 unspecified atom stereocenters. The van der Waals surface area contributed by atoms with Crippen LogP contribution in [0.4, 0.5) is 5.82 Å². The maximum absolute atomic E-state index is 11.9. The molecule has 0 aliphatic rings. The number of amides is 1. The molecule has 0 radical (unpaired) electrons. The second-order valence-corrected chi connectivity index (χ2v) is 3.83. The Morgan fingerprint density at radius 1 is 1.37 bits per heavy atom. The molecule has 7 heteroatoms. The van der Waals surface area contributed by atoms with E-state index in [0.717, 1.165) is 0 Å². The van der Waals surface area contributed by atoms with Crippen LogP contribution in [0, 0.1) is 0 Å². The Bertz CT molecular complexity index is 559. The van der Waals surface area contributed by atoms with Gasteiger partial charge in [0.25, 0.3) is 5.91 Å². The summed E-state index contributed by atoms with van der Waals surface area (Å²) >= 11 is 0. The Labute approximate surface area is 110 Å². The first-order chi connectivity index (χ1) is 9.20. The van der Waals surface area contributed by atoms with Gasteiger partial charge in [-0.2, -0.15) is 0 Å². The van der Waals surface area contributed by atoms with Gasteiger partial charge in [0.15, 0.2) is 0 Å². The molecule has 0 aliphatic carbocycles. The summed E-state index contributed by atoms with van der Waals surface area (Å²) in [6.45, 7) is 0.286. The molecule has 0 saturated carbocycles. The highest BCUT2D eigenvalue weighted by Crippen LogP contribution is 2.10. The third-order valence-corrected chi connectivity index (χ3v) is 2.44. The fraction of sp³-hybridized carbons (Fsp3) is 0.167. The third-order valence-electron chi connectivity index (χ3n) is 2.44. The predicted octanol–water partition coefficient (Wildman–Crippen LogP) is 0.0824. The van der Waals surface area contributed by atoms with E-state index in [-0.39, 0.29) is 24.2 Å². The van der Waals surface area contributed by atoms with Gasteiger partial charge in [0.2, 0.25) is 0 Å². The second-order valence-electron chi connectivity index (χ2n) is 3.83. The van der Waals surface area contributed by atoms with Gasteiger partial charge in [-0.1, -0.05) is 6.07 Å². The van der Waals surface area contributed by atoms with Crippen molar-refractivity contribution >= 4 is 11.7 Å². The van der Waals surface area contributed by atoms with Gasteiger partial charge in [-0.15, -0.1) is 0 Å². The minimum Gasteiger partial charge on any atom is -0.329 e. The topological polar surface area (TPSA) is 120 Å². The number of hydrogen-bond donors (Lipinski definition) is 3. The molecule has 0 fully saturated rings. The van der Waals surface area contributed by atoms with Gasteiger partial charge >= 0.3 is 0 Å². The molecule has 19 heavy (non-hydrogen) atoms. The van der Waals surface area contributed by atoms with Crippen molar-refractivity contribution in [3.05, 3.63) is 48.2 Å². The van der Waals surface area contributed by atoms with E-state index in [2.05, 4.69) is 20.3 Å². The zero-order valence-electron chi connectivity index (χ0n) is 10.2. The van der Waals surface area contributed by atoms with Crippen LogP contribution in [0.3, 0.4) is 0 Å². The second kappa shape index (κ2) is 5.98. The first kappa shape index (κ1) is 13.1. The van der Waals surface area contributed by atoms with E-state index in [4.69, 9.17) is 11.5 Å². The van der Waals surface area contributed by atoms with Crippen molar-refractivity contribution in [2.24, 2.45) is 11.5 Å². The summed E-state index contributed by atoms with van der Waals surface area (Å²) in [5.74, 6) is 0.0242. The Morgan fingerprint density at radius 3 is 2.89 bits per heavy atom. The van der Waals surface area contributed by atoms with Crippen molar-refractivity contribution in [2.45, 2.75) is 6.04 Å². The van der Waals surface area contributed by atoms with Crippen LogP contribution in [0.2, 0.25) is 0 Å². The van der Waals surface area contributed by atoms with E-state index in [9.17, 15) is 4.79 Å². The molecular formula is C12H14N6O. The monoisotopic (exact) mass is 258 g/mol. The Morgan fingerprint density at radius 2 is 2.21 bits per heavy atom. The van der Waals surface area contributed by atoms with Crippen LogP contribution in [0.5, 0.6) is 0 Å². The number of nitrogens with two attached hydrogens (primary N) is 2. The molecule has 98 valence electrons. The molecule has 0 aliphatic heterocycles. The number of rotatable bonds is 4. The van der Waals surface area contributed by atoms with E-state index in [1.807, 2.05) is 0 Å². The first-order valence-electron chi connectivity index (χ1n) is 5.70. The van der Waals surface area contributed by atoms with Crippen molar-refractivity contribution < 1.29 is 4.79 Å². The zero-order valence-corrected chi connectivity index (χ0v) is 10.2. The lowest BCUT2D eigenvalue weighted by Gasteiger charge is -2.10. The molecule has 2 aromatic rings. The molecule has 0 saturated heterocycles. The van der Waals surface area contributed by atoms with E-state index in [1.54, 1.807) is 18.2 Å². The van der Waals surface area contributed by atoms with Gasteiger partial charge in [0.1, 0.15) is 11.5 Å². The molecular weight excluding hydrogens is 244 g/mol. The maximum Gasteiger partial charge on any atom is 0.277 e. The van der Waals surface area contributed by atoms with Crippen LogP contribution < -0.4 is 16.8 Å². The van der Waals surface area contributed by atoms with E-state index in [1.165, 1.54) is 18.6 Å².